The van der Waals surface area contributed by atoms with Gasteiger partial charge in [-0.25, -0.2) is 0 Å². The van der Waals surface area contributed by atoms with Crippen LogP contribution in [0.3, 0.4) is 0 Å². The largest absolute Gasteiger partial charge is 0.481 e. The lowest BCUT2D eigenvalue weighted by Crippen LogP contribution is -2.14. The SMILES string of the molecule is Cc1ccc(Oc2ccc(C(N)CC(=O)O)cc2)cc1. The Hall–Kier alpha value is -2.33. The van der Waals surface area contributed by atoms with E-state index in [1.807, 2.05) is 31.2 Å². The van der Waals surface area contributed by atoms with E-state index >= 15 is 0 Å². The number of aliphatic carboxylic acids is 1. The van der Waals surface area contributed by atoms with E-state index in [1.54, 1.807) is 24.3 Å². The quantitative estimate of drug-likeness (QED) is 0.875. The fraction of sp³-hybridized carbons (Fsp3) is 0.188. The molecule has 0 fully saturated rings. The van der Waals surface area contributed by atoms with Gasteiger partial charge in [-0.3, -0.25) is 4.79 Å². The molecule has 4 heteroatoms. The van der Waals surface area contributed by atoms with Gasteiger partial charge in [0.15, 0.2) is 0 Å². The standard InChI is InChI=1S/C16H17NO3/c1-11-2-6-13(7-3-11)20-14-8-4-12(5-9-14)15(17)10-16(18)19/h2-9,15H,10,17H2,1H3,(H,18,19). The summed E-state index contributed by atoms with van der Waals surface area (Å²) >= 11 is 0. The van der Waals surface area contributed by atoms with E-state index in [0.717, 1.165) is 11.3 Å². The predicted octanol–water partition coefficient (Wildman–Crippen LogP) is 3.26. The molecule has 104 valence electrons. The van der Waals surface area contributed by atoms with Crippen LogP contribution < -0.4 is 10.5 Å². The third-order valence-electron chi connectivity index (χ3n) is 2.96. The van der Waals surface area contributed by atoms with Crippen molar-refractivity contribution in [3.63, 3.8) is 0 Å². The lowest BCUT2D eigenvalue weighted by Gasteiger charge is -2.11. The molecule has 0 bridgehead atoms. The molecule has 1 atom stereocenters. The number of nitrogens with two attached hydrogens (primary N) is 1. The molecule has 0 aromatic heterocycles. The van der Waals surface area contributed by atoms with Gasteiger partial charge >= 0.3 is 5.97 Å². The fourth-order valence-corrected chi connectivity index (χ4v) is 1.83. The highest BCUT2D eigenvalue weighted by Gasteiger charge is 2.10. The van der Waals surface area contributed by atoms with E-state index in [9.17, 15) is 4.79 Å². The van der Waals surface area contributed by atoms with Gasteiger partial charge in [-0.2, -0.15) is 0 Å². The van der Waals surface area contributed by atoms with Crippen molar-refractivity contribution in [3.05, 3.63) is 59.7 Å². The molecule has 4 nitrogen and oxygen atoms in total. The van der Waals surface area contributed by atoms with Gasteiger partial charge in [0, 0.05) is 6.04 Å². The average molecular weight is 271 g/mol. The third kappa shape index (κ3) is 3.83. The van der Waals surface area contributed by atoms with Crippen LogP contribution in [0, 0.1) is 6.92 Å². The zero-order chi connectivity index (χ0) is 14.5. The van der Waals surface area contributed by atoms with Crippen molar-refractivity contribution in [1.29, 1.82) is 0 Å². The Morgan fingerprint density at radius 3 is 2.10 bits per heavy atom. The minimum absolute atomic E-state index is 0.0852. The number of carbonyl (C=O) groups is 1. The molecule has 2 rings (SSSR count). The topological polar surface area (TPSA) is 72.5 Å². The highest BCUT2D eigenvalue weighted by Crippen LogP contribution is 2.24. The molecule has 0 saturated heterocycles. The molecular weight excluding hydrogens is 254 g/mol. The van der Waals surface area contributed by atoms with Crippen molar-refractivity contribution in [2.45, 2.75) is 19.4 Å². The van der Waals surface area contributed by atoms with E-state index < -0.39 is 12.0 Å². The van der Waals surface area contributed by atoms with E-state index in [-0.39, 0.29) is 6.42 Å². The second-order valence-corrected chi connectivity index (χ2v) is 4.69. The summed E-state index contributed by atoms with van der Waals surface area (Å²) in [6, 6.07) is 14.4. The molecule has 0 aliphatic heterocycles. The van der Waals surface area contributed by atoms with E-state index in [2.05, 4.69) is 0 Å². The highest BCUT2D eigenvalue weighted by molar-refractivity contribution is 5.67. The maximum atomic E-state index is 10.6. The lowest BCUT2D eigenvalue weighted by atomic mass is 10.0. The number of carboxylic acids is 1. The molecule has 20 heavy (non-hydrogen) atoms. The summed E-state index contributed by atoms with van der Waals surface area (Å²) in [6.07, 6.45) is -0.0852. The van der Waals surface area contributed by atoms with Crippen LogP contribution in [-0.2, 0) is 4.79 Å². The first-order chi connectivity index (χ1) is 9.54. The molecule has 3 N–H and O–H groups in total. The van der Waals surface area contributed by atoms with Gasteiger partial charge < -0.3 is 15.6 Å². The first kappa shape index (κ1) is 14.1. The number of rotatable bonds is 5. The second-order valence-electron chi connectivity index (χ2n) is 4.69. The van der Waals surface area contributed by atoms with Gasteiger partial charge in [0.05, 0.1) is 6.42 Å². The van der Waals surface area contributed by atoms with Crippen LogP contribution in [0.5, 0.6) is 11.5 Å². The Balaban J connectivity index is 2.04. The third-order valence-corrected chi connectivity index (χ3v) is 2.96. The minimum Gasteiger partial charge on any atom is -0.481 e. The molecular formula is C16H17NO3. The highest BCUT2D eigenvalue weighted by atomic mass is 16.5. The van der Waals surface area contributed by atoms with Crippen LogP contribution in [0.1, 0.15) is 23.6 Å². The number of ether oxygens (including phenoxy) is 1. The van der Waals surface area contributed by atoms with Crippen molar-refractivity contribution in [2.24, 2.45) is 5.73 Å². The summed E-state index contributed by atoms with van der Waals surface area (Å²) in [5, 5.41) is 8.71. The van der Waals surface area contributed by atoms with Crippen LogP contribution in [0.4, 0.5) is 0 Å². The summed E-state index contributed by atoms with van der Waals surface area (Å²) in [6.45, 7) is 2.02. The van der Waals surface area contributed by atoms with Gasteiger partial charge in [-0.05, 0) is 36.8 Å². The van der Waals surface area contributed by atoms with E-state index in [4.69, 9.17) is 15.6 Å². The molecule has 0 amide bonds. The molecule has 0 spiro atoms. The van der Waals surface area contributed by atoms with Crippen LogP contribution in [0.2, 0.25) is 0 Å². The number of benzene rings is 2. The first-order valence-electron chi connectivity index (χ1n) is 6.36. The molecule has 2 aromatic rings. The van der Waals surface area contributed by atoms with Crippen molar-refractivity contribution in [1.82, 2.24) is 0 Å². The van der Waals surface area contributed by atoms with Gasteiger partial charge in [0.1, 0.15) is 11.5 Å². The first-order valence-corrected chi connectivity index (χ1v) is 6.36. The summed E-state index contributed by atoms with van der Waals surface area (Å²) < 4.78 is 5.69. The lowest BCUT2D eigenvalue weighted by molar-refractivity contribution is -0.137. The van der Waals surface area contributed by atoms with Gasteiger partial charge in [-0.1, -0.05) is 29.8 Å². The van der Waals surface area contributed by atoms with Crippen molar-refractivity contribution < 1.29 is 14.6 Å². The number of hydrogen-bond acceptors (Lipinski definition) is 3. The Morgan fingerprint density at radius 2 is 1.60 bits per heavy atom. The van der Waals surface area contributed by atoms with Crippen molar-refractivity contribution in [2.75, 3.05) is 0 Å². The van der Waals surface area contributed by atoms with E-state index in [1.165, 1.54) is 5.56 Å². The molecule has 0 radical (unpaired) electrons. The maximum Gasteiger partial charge on any atom is 0.305 e. The Bertz CT molecular complexity index is 576. The number of carboxylic acid groups (broad SMARTS) is 1. The van der Waals surface area contributed by atoms with Gasteiger partial charge in [0.2, 0.25) is 0 Å². The zero-order valence-electron chi connectivity index (χ0n) is 11.2. The predicted molar refractivity (Wildman–Crippen MR) is 76.9 cm³/mol. The minimum atomic E-state index is -0.905. The van der Waals surface area contributed by atoms with Crippen LogP contribution in [-0.4, -0.2) is 11.1 Å². The summed E-state index contributed by atoms with van der Waals surface area (Å²) in [4.78, 5) is 10.6. The smallest absolute Gasteiger partial charge is 0.305 e. The Morgan fingerprint density at radius 1 is 1.10 bits per heavy atom. The second kappa shape index (κ2) is 6.21. The van der Waals surface area contributed by atoms with Gasteiger partial charge in [-0.15, -0.1) is 0 Å². The molecule has 0 heterocycles. The fourth-order valence-electron chi connectivity index (χ4n) is 1.83. The molecule has 1 unspecified atom stereocenters. The number of hydrogen-bond donors (Lipinski definition) is 2. The van der Waals surface area contributed by atoms with Crippen molar-refractivity contribution >= 4 is 5.97 Å². The summed E-state index contributed by atoms with van der Waals surface area (Å²) in [5.74, 6) is 0.552. The van der Waals surface area contributed by atoms with E-state index in [0.29, 0.717) is 5.75 Å². The number of aryl methyl sites for hydroxylation is 1. The molecule has 2 aromatic carbocycles. The molecule has 0 saturated carbocycles. The van der Waals surface area contributed by atoms with Gasteiger partial charge in [0.25, 0.3) is 0 Å². The van der Waals surface area contributed by atoms with Crippen LogP contribution in [0.25, 0.3) is 0 Å². The molecule has 0 aliphatic carbocycles. The van der Waals surface area contributed by atoms with Crippen molar-refractivity contribution in [3.8, 4) is 11.5 Å². The monoisotopic (exact) mass is 271 g/mol. The average Bonchev–Trinajstić information content (AvgIpc) is 2.41. The summed E-state index contributed by atoms with van der Waals surface area (Å²) in [5.41, 5.74) is 7.75. The van der Waals surface area contributed by atoms with Crippen LogP contribution >= 0.6 is 0 Å². The van der Waals surface area contributed by atoms with Crippen LogP contribution in [0.15, 0.2) is 48.5 Å². The maximum absolute atomic E-state index is 10.6. The summed E-state index contributed by atoms with van der Waals surface area (Å²) in [7, 11) is 0. The Labute approximate surface area is 117 Å². The normalized spacial score (nSPS) is 11.9. The Kier molecular flexibility index (Phi) is 4.38. The zero-order valence-corrected chi connectivity index (χ0v) is 11.2. The molecule has 0 aliphatic rings.